The Kier molecular flexibility index (Phi) is 10.7. The highest BCUT2D eigenvalue weighted by atomic mass is 33.1. The van der Waals surface area contributed by atoms with E-state index in [1.807, 2.05) is 6.26 Å². The molecule has 2 heterocycles. The second-order valence-corrected chi connectivity index (χ2v) is 12.4. The van der Waals surface area contributed by atoms with Gasteiger partial charge in [0.1, 0.15) is 23.8 Å². The van der Waals surface area contributed by atoms with Gasteiger partial charge in [-0.1, -0.05) is 21.6 Å². The van der Waals surface area contributed by atoms with Crippen molar-refractivity contribution < 1.29 is 32.6 Å². The van der Waals surface area contributed by atoms with Crippen LogP contribution in [0, 0.1) is 0 Å². The molecule has 2 atom stereocenters. The van der Waals surface area contributed by atoms with E-state index < -0.39 is 32.2 Å². The average Bonchev–Trinajstić information content (AvgIpc) is 3.13. The maximum absolute atomic E-state index is 13.1. The summed E-state index contributed by atoms with van der Waals surface area (Å²) in [5, 5.41) is 0. The van der Waals surface area contributed by atoms with Crippen LogP contribution in [-0.2, 0) is 34.4 Å². The molecule has 0 saturated carbocycles. The summed E-state index contributed by atoms with van der Waals surface area (Å²) in [7, 11) is -0.603. The number of rotatable bonds is 13. The highest BCUT2D eigenvalue weighted by Gasteiger charge is 2.28. The Balaban J connectivity index is 1.92. The SMILES string of the molecule is CSSCCOP(=O)(CO[C@H](C)Cn1cnc2c(N)ncnc21)OCOC(=O)OC(C)(C)C. The van der Waals surface area contributed by atoms with Gasteiger partial charge in [-0.25, -0.2) is 19.7 Å². The molecule has 12 nitrogen and oxygen atoms in total. The smallest absolute Gasteiger partial charge is 0.429 e. The topological polar surface area (TPSA) is 150 Å². The van der Waals surface area contributed by atoms with E-state index in [-0.39, 0.29) is 18.8 Å². The maximum Gasteiger partial charge on any atom is 0.510 e. The lowest BCUT2D eigenvalue weighted by atomic mass is 10.2. The van der Waals surface area contributed by atoms with Gasteiger partial charge in [-0.15, -0.1) is 0 Å². The Morgan fingerprint density at radius 1 is 1.27 bits per heavy atom. The lowest BCUT2D eigenvalue weighted by molar-refractivity contribution is -0.0414. The van der Waals surface area contributed by atoms with E-state index in [1.54, 1.807) is 60.2 Å². The quantitative estimate of drug-likeness (QED) is 0.133. The molecular formula is C18H30N5O7PS2. The van der Waals surface area contributed by atoms with Crippen molar-refractivity contribution in [3.05, 3.63) is 12.7 Å². The molecule has 2 aromatic rings. The first-order valence-corrected chi connectivity index (χ1v) is 14.4. The van der Waals surface area contributed by atoms with E-state index in [0.717, 1.165) is 0 Å². The summed E-state index contributed by atoms with van der Waals surface area (Å²) >= 11 is 0. The van der Waals surface area contributed by atoms with Gasteiger partial charge < -0.3 is 29.0 Å². The van der Waals surface area contributed by atoms with Gasteiger partial charge in [-0.2, -0.15) is 0 Å². The lowest BCUT2D eigenvalue weighted by Gasteiger charge is -2.22. The molecule has 0 fully saturated rings. The molecule has 2 N–H and O–H groups in total. The van der Waals surface area contributed by atoms with Crippen LogP contribution in [-0.4, -0.2) is 69.1 Å². The van der Waals surface area contributed by atoms with Crippen LogP contribution in [0.3, 0.4) is 0 Å². The van der Waals surface area contributed by atoms with Crippen molar-refractivity contribution in [2.24, 2.45) is 0 Å². The molecule has 0 aromatic carbocycles. The number of nitrogens with zero attached hydrogens (tertiary/aromatic N) is 4. The molecule has 0 aliphatic rings. The summed E-state index contributed by atoms with van der Waals surface area (Å²) in [5.74, 6) is 0.880. The van der Waals surface area contributed by atoms with Crippen LogP contribution in [0.2, 0.25) is 0 Å². The van der Waals surface area contributed by atoms with Gasteiger partial charge in [-0.3, -0.25) is 9.09 Å². The predicted molar refractivity (Wildman–Crippen MR) is 128 cm³/mol. The fourth-order valence-corrected chi connectivity index (χ4v) is 4.81. The second kappa shape index (κ2) is 12.8. The number of carbonyl (C=O) groups excluding carboxylic acids is 1. The molecule has 186 valence electrons. The minimum atomic E-state index is -3.71. The predicted octanol–water partition coefficient (Wildman–Crippen LogP) is 3.92. The van der Waals surface area contributed by atoms with E-state index in [0.29, 0.717) is 23.5 Å². The zero-order chi connectivity index (χ0) is 24.5. The Morgan fingerprint density at radius 2 is 2.03 bits per heavy atom. The summed E-state index contributed by atoms with van der Waals surface area (Å²) in [4.78, 5) is 24.0. The molecule has 0 bridgehead atoms. The third-order valence-electron chi connectivity index (χ3n) is 3.79. The number of aromatic nitrogens is 4. The van der Waals surface area contributed by atoms with Gasteiger partial charge in [0, 0.05) is 5.75 Å². The van der Waals surface area contributed by atoms with E-state index >= 15 is 0 Å². The molecule has 2 rings (SSSR count). The summed E-state index contributed by atoms with van der Waals surface area (Å²) in [6.07, 6.45) is 3.20. The molecule has 0 radical (unpaired) electrons. The Morgan fingerprint density at radius 3 is 2.73 bits per heavy atom. The number of anilines is 1. The highest BCUT2D eigenvalue weighted by Crippen LogP contribution is 2.48. The average molecular weight is 524 g/mol. The normalized spacial score (nSPS) is 14.7. The maximum atomic E-state index is 13.1. The molecule has 0 amide bonds. The van der Waals surface area contributed by atoms with Crippen LogP contribution in [0.1, 0.15) is 27.7 Å². The fourth-order valence-electron chi connectivity index (χ4n) is 2.42. The van der Waals surface area contributed by atoms with Gasteiger partial charge in [0.05, 0.1) is 25.6 Å². The monoisotopic (exact) mass is 523 g/mol. The fraction of sp³-hybridized carbons (Fsp3) is 0.667. The largest absolute Gasteiger partial charge is 0.510 e. The summed E-state index contributed by atoms with van der Waals surface area (Å²) in [6, 6.07) is 0. The van der Waals surface area contributed by atoms with Gasteiger partial charge in [0.15, 0.2) is 11.5 Å². The van der Waals surface area contributed by atoms with Crippen molar-refractivity contribution in [1.29, 1.82) is 0 Å². The van der Waals surface area contributed by atoms with Gasteiger partial charge in [-0.05, 0) is 34.0 Å². The van der Waals surface area contributed by atoms with Crippen LogP contribution in [0.25, 0.3) is 11.2 Å². The van der Waals surface area contributed by atoms with Crippen molar-refractivity contribution in [3.63, 3.8) is 0 Å². The first-order chi connectivity index (χ1) is 15.5. The number of nitrogens with two attached hydrogens (primary N) is 1. The summed E-state index contributed by atoms with van der Waals surface area (Å²) < 4.78 is 41.3. The van der Waals surface area contributed by atoms with Crippen molar-refractivity contribution in [2.75, 3.05) is 37.5 Å². The zero-order valence-electron chi connectivity index (χ0n) is 19.3. The molecule has 33 heavy (non-hydrogen) atoms. The van der Waals surface area contributed by atoms with E-state index in [4.69, 9.17) is 29.0 Å². The Hall–Kier alpha value is -1.57. The first-order valence-electron chi connectivity index (χ1n) is 9.95. The van der Waals surface area contributed by atoms with Crippen LogP contribution < -0.4 is 5.73 Å². The minimum absolute atomic E-state index is 0.176. The molecule has 0 saturated heterocycles. The van der Waals surface area contributed by atoms with E-state index in [1.165, 1.54) is 6.33 Å². The van der Waals surface area contributed by atoms with Crippen LogP contribution in [0.4, 0.5) is 10.6 Å². The van der Waals surface area contributed by atoms with E-state index in [9.17, 15) is 9.36 Å². The third kappa shape index (κ3) is 9.67. The number of nitrogen functional groups attached to an aromatic ring is 1. The number of hydrogen-bond acceptors (Lipinski definition) is 13. The minimum Gasteiger partial charge on any atom is -0.429 e. The molecule has 2 aromatic heterocycles. The van der Waals surface area contributed by atoms with Crippen LogP contribution in [0.15, 0.2) is 12.7 Å². The number of fused-ring (bicyclic) bond motifs is 1. The number of imidazole rings is 1. The molecule has 15 heteroatoms. The van der Waals surface area contributed by atoms with Gasteiger partial charge in [0.2, 0.25) is 6.79 Å². The molecular weight excluding hydrogens is 493 g/mol. The van der Waals surface area contributed by atoms with Crippen molar-refractivity contribution in [2.45, 2.75) is 45.9 Å². The summed E-state index contributed by atoms with van der Waals surface area (Å²) in [6.45, 7) is 6.84. The van der Waals surface area contributed by atoms with Crippen LogP contribution in [0.5, 0.6) is 0 Å². The number of ether oxygens (including phenoxy) is 3. The van der Waals surface area contributed by atoms with Gasteiger partial charge in [0.25, 0.3) is 0 Å². The van der Waals surface area contributed by atoms with Crippen molar-refractivity contribution in [3.8, 4) is 0 Å². The van der Waals surface area contributed by atoms with Crippen molar-refractivity contribution in [1.82, 2.24) is 19.5 Å². The first kappa shape index (κ1) is 27.7. The van der Waals surface area contributed by atoms with Crippen LogP contribution >= 0.6 is 29.2 Å². The zero-order valence-corrected chi connectivity index (χ0v) is 21.8. The Bertz CT molecular complexity index is 956. The van der Waals surface area contributed by atoms with Gasteiger partial charge >= 0.3 is 13.8 Å². The Labute approximate surface area is 200 Å². The standard InChI is InChI=1S/C18H30N5O7PS2/c1-13(8-23-10-22-14-15(19)20-9-21-16(14)23)27-12-31(25,28-6-7-33-32-5)29-11-26-17(24)30-18(2,3)4/h9-10,13H,6-8,11-12H2,1-5H3,(H2,19,20,21)/t13-,31?/m1/s1. The number of hydrogen-bond donors (Lipinski definition) is 1. The third-order valence-corrected chi connectivity index (χ3v) is 7.10. The molecule has 0 aliphatic heterocycles. The summed E-state index contributed by atoms with van der Waals surface area (Å²) in [5.41, 5.74) is 6.14. The molecule has 1 unspecified atom stereocenters. The molecule has 0 spiro atoms. The lowest BCUT2D eigenvalue weighted by Crippen LogP contribution is -2.25. The molecule has 0 aliphatic carbocycles. The van der Waals surface area contributed by atoms with E-state index in [2.05, 4.69) is 15.0 Å². The number of carbonyl (C=O) groups is 1. The van der Waals surface area contributed by atoms with Crippen molar-refractivity contribution >= 4 is 52.3 Å². The second-order valence-electron chi connectivity index (χ2n) is 7.72. The highest BCUT2D eigenvalue weighted by molar-refractivity contribution is 8.76.